The van der Waals surface area contributed by atoms with Gasteiger partial charge in [0.2, 0.25) is 5.91 Å². The van der Waals surface area contributed by atoms with Crippen LogP contribution in [0.4, 0.5) is 8.78 Å². The average molecular weight is 515 g/mol. The number of amides is 1. The zero-order valence-electron chi connectivity index (χ0n) is 22.3. The van der Waals surface area contributed by atoms with Crippen LogP contribution in [-0.4, -0.2) is 41.4 Å². The quantitative estimate of drug-likeness (QED) is 0.367. The summed E-state index contributed by atoms with van der Waals surface area (Å²) >= 11 is 0. The predicted molar refractivity (Wildman–Crippen MR) is 142 cm³/mol. The Morgan fingerprint density at radius 3 is 2.32 bits per heavy atom. The lowest BCUT2D eigenvalue weighted by molar-refractivity contribution is -0.120. The average Bonchev–Trinajstić information content (AvgIpc) is 2.82. The minimum Gasteiger partial charge on any atom is -0.392 e. The van der Waals surface area contributed by atoms with Crippen molar-refractivity contribution in [1.29, 1.82) is 0 Å². The molecule has 202 valence electrons. The van der Waals surface area contributed by atoms with E-state index in [0.717, 1.165) is 37.3 Å². The Hall–Kier alpha value is -2.61. The highest BCUT2D eigenvalue weighted by atomic mass is 19.1. The molecule has 2 aromatic rings. The number of aliphatic hydroxyl groups is 2. The molecule has 2 aromatic carbocycles. The fourth-order valence-corrected chi connectivity index (χ4v) is 5.15. The maximum Gasteiger partial charge on any atom is 0.217 e. The number of benzene rings is 2. The number of allylic oxidation sites excluding steroid dienone is 1. The van der Waals surface area contributed by atoms with Crippen LogP contribution in [0.5, 0.6) is 0 Å². The molecule has 1 aliphatic carbocycles. The van der Waals surface area contributed by atoms with Crippen molar-refractivity contribution in [2.24, 2.45) is 0 Å². The summed E-state index contributed by atoms with van der Waals surface area (Å²) in [5.41, 5.74) is 3.51. The van der Waals surface area contributed by atoms with Gasteiger partial charge in [0, 0.05) is 25.1 Å². The molecular weight excluding hydrogens is 474 g/mol. The Labute approximate surface area is 219 Å². The SMILES string of the molecule is CC(=O)NC(Cc1cc(F)cc(F)c1)C(O)CNC1(c2cccc(C(C)(C)C)c2)CCC(=CCO)CC1. The maximum absolute atomic E-state index is 13.8. The summed E-state index contributed by atoms with van der Waals surface area (Å²) in [6.07, 6.45) is 4.19. The Kier molecular flexibility index (Phi) is 9.62. The van der Waals surface area contributed by atoms with Gasteiger partial charge in [-0.1, -0.05) is 56.7 Å². The van der Waals surface area contributed by atoms with Crippen molar-refractivity contribution in [2.75, 3.05) is 13.2 Å². The maximum atomic E-state index is 13.8. The van der Waals surface area contributed by atoms with Crippen LogP contribution in [0.2, 0.25) is 0 Å². The van der Waals surface area contributed by atoms with Crippen LogP contribution >= 0.6 is 0 Å². The topological polar surface area (TPSA) is 81.6 Å². The first-order valence-electron chi connectivity index (χ1n) is 13.0. The van der Waals surface area contributed by atoms with E-state index in [1.54, 1.807) is 0 Å². The first kappa shape index (κ1) is 29.0. The van der Waals surface area contributed by atoms with Crippen molar-refractivity contribution in [3.05, 3.63) is 82.4 Å². The summed E-state index contributed by atoms with van der Waals surface area (Å²) < 4.78 is 27.5. The smallest absolute Gasteiger partial charge is 0.217 e. The minimum atomic E-state index is -0.993. The summed E-state index contributed by atoms with van der Waals surface area (Å²) in [5, 5.41) is 26.9. The number of aliphatic hydroxyl groups excluding tert-OH is 2. The van der Waals surface area contributed by atoms with Crippen LogP contribution in [0, 0.1) is 11.6 Å². The van der Waals surface area contributed by atoms with E-state index >= 15 is 0 Å². The van der Waals surface area contributed by atoms with Gasteiger partial charge in [-0.05, 0) is 66.3 Å². The number of carbonyl (C=O) groups is 1. The molecule has 0 spiro atoms. The number of halogens is 2. The molecule has 2 atom stereocenters. The fourth-order valence-electron chi connectivity index (χ4n) is 5.15. The second-order valence-corrected chi connectivity index (χ2v) is 11.2. The highest BCUT2D eigenvalue weighted by molar-refractivity contribution is 5.73. The molecule has 2 unspecified atom stereocenters. The molecular formula is C30H40F2N2O3. The highest BCUT2D eigenvalue weighted by Crippen LogP contribution is 2.40. The number of carbonyl (C=O) groups excluding carboxylic acids is 1. The fraction of sp³-hybridized carbons (Fsp3) is 0.500. The first-order valence-corrected chi connectivity index (χ1v) is 13.0. The first-order chi connectivity index (χ1) is 17.4. The highest BCUT2D eigenvalue weighted by Gasteiger charge is 2.36. The van der Waals surface area contributed by atoms with Crippen LogP contribution in [0.25, 0.3) is 0 Å². The van der Waals surface area contributed by atoms with E-state index < -0.39 is 29.3 Å². The number of hydrogen-bond donors (Lipinski definition) is 4. The van der Waals surface area contributed by atoms with Gasteiger partial charge in [0.05, 0.1) is 18.8 Å². The minimum absolute atomic E-state index is 0.0209. The molecule has 0 bridgehead atoms. The number of rotatable bonds is 9. The Morgan fingerprint density at radius 2 is 1.76 bits per heavy atom. The third-order valence-corrected chi connectivity index (χ3v) is 7.29. The van der Waals surface area contributed by atoms with E-state index in [-0.39, 0.29) is 30.9 Å². The van der Waals surface area contributed by atoms with Crippen molar-refractivity contribution < 1.29 is 23.8 Å². The van der Waals surface area contributed by atoms with E-state index in [2.05, 4.69) is 55.7 Å². The molecule has 0 aliphatic heterocycles. The summed E-state index contributed by atoms with van der Waals surface area (Å²) in [6, 6.07) is 11.0. The molecule has 1 aliphatic rings. The molecule has 0 saturated heterocycles. The van der Waals surface area contributed by atoms with Crippen LogP contribution < -0.4 is 10.6 Å². The van der Waals surface area contributed by atoms with Gasteiger partial charge in [-0.3, -0.25) is 4.79 Å². The van der Waals surface area contributed by atoms with Gasteiger partial charge in [-0.2, -0.15) is 0 Å². The monoisotopic (exact) mass is 514 g/mol. The molecule has 1 saturated carbocycles. The van der Waals surface area contributed by atoms with Gasteiger partial charge in [0.25, 0.3) is 0 Å². The summed E-state index contributed by atoms with van der Waals surface area (Å²) in [6.45, 7) is 8.08. The van der Waals surface area contributed by atoms with Gasteiger partial charge in [-0.25, -0.2) is 8.78 Å². The zero-order valence-corrected chi connectivity index (χ0v) is 22.3. The van der Waals surface area contributed by atoms with Crippen LogP contribution in [0.15, 0.2) is 54.1 Å². The lowest BCUT2D eigenvalue weighted by Gasteiger charge is -2.41. The Morgan fingerprint density at radius 1 is 1.11 bits per heavy atom. The van der Waals surface area contributed by atoms with Crippen molar-refractivity contribution in [3.8, 4) is 0 Å². The lowest BCUT2D eigenvalue weighted by Crippen LogP contribution is -2.53. The molecule has 4 N–H and O–H groups in total. The van der Waals surface area contributed by atoms with Gasteiger partial charge in [0.1, 0.15) is 11.6 Å². The third kappa shape index (κ3) is 7.94. The van der Waals surface area contributed by atoms with Crippen molar-refractivity contribution >= 4 is 5.91 Å². The van der Waals surface area contributed by atoms with Gasteiger partial charge >= 0.3 is 0 Å². The molecule has 3 rings (SSSR count). The van der Waals surface area contributed by atoms with Crippen molar-refractivity contribution in [3.63, 3.8) is 0 Å². The van der Waals surface area contributed by atoms with Crippen molar-refractivity contribution in [1.82, 2.24) is 10.6 Å². The van der Waals surface area contributed by atoms with E-state index in [4.69, 9.17) is 0 Å². The van der Waals surface area contributed by atoms with Crippen LogP contribution in [0.3, 0.4) is 0 Å². The summed E-state index contributed by atoms with van der Waals surface area (Å²) in [5.74, 6) is -1.73. The Balaban J connectivity index is 1.85. The second kappa shape index (κ2) is 12.3. The predicted octanol–water partition coefficient (Wildman–Crippen LogP) is 4.65. The van der Waals surface area contributed by atoms with Gasteiger partial charge in [0.15, 0.2) is 0 Å². The second-order valence-electron chi connectivity index (χ2n) is 11.2. The molecule has 0 heterocycles. The van der Waals surface area contributed by atoms with Crippen molar-refractivity contribution in [2.45, 2.75) is 82.9 Å². The molecule has 7 heteroatoms. The standard InChI is InChI=1S/C30H40F2N2O3/c1-20(36)34-27(16-22-14-25(31)18-26(32)15-22)28(37)19-33-30(11-8-21(9-12-30)10-13-35)24-7-5-6-23(17-24)29(2,3)4/h5-7,10,14-15,17-18,27-28,33,35,37H,8-9,11-13,16,19H2,1-4H3,(H,34,36). The number of hydrogen-bond acceptors (Lipinski definition) is 4. The molecule has 0 aromatic heterocycles. The summed E-state index contributed by atoms with van der Waals surface area (Å²) in [4.78, 5) is 11.9. The van der Waals surface area contributed by atoms with E-state index in [0.29, 0.717) is 5.56 Å². The van der Waals surface area contributed by atoms with Gasteiger partial charge in [-0.15, -0.1) is 0 Å². The number of nitrogens with one attached hydrogen (secondary N) is 2. The molecule has 1 fully saturated rings. The normalized spacial score (nSPS) is 19.8. The van der Waals surface area contributed by atoms with Crippen LogP contribution in [-0.2, 0) is 22.2 Å². The van der Waals surface area contributed by atoms with Gasteiger partial charge < -0.3 is 20.8 Å². The van der Waals surface area contributed by atoms with Crippen LogP contribution in [0.1, 0.15) is 70.1 Å². The molecule has 0 radical (unpaired) electrons. The molecule has 37 heavy (non-hydrogen) atoms. The zero-order chi connectivity index (χ0) is 27.2. The van der Waals surface area contributed by atoms with E-state index in [9.17, 15) is 23.8 Å². The third-order valence-electron chi connectivity index (χ3n) is 7.29. The Bertz CT molecular complexity index is 1080. The summed E-state index contributed by atoms with van der Waals surface area (Å²) in [7, 11) is 0. The largest absolute Gasteiger partial charge is 0.392 e. The van der Waals surface area contributed by atoms with E-state index in [1.165, 1.54) is 30.2 Å². The lowest BCUT2D eigenvalue weighted by atomic mass is 9.73. The molecule has 1 amide bonds. The van der Waals surface area contributed by atoms with E-state index in [1.807, 2.05) is 6.08 Å². The molecule has 5 nitrogen and oxygen atoms in total.